The quantitative estimate of drug-likeness (QED) is 0.888. The first-order valence-corrected chi connectivity index (χ1v) is 7.18. The normalized spacial score (nSPS) is 19.2. The molecule has 1 atom stereocenters. The van der Waals surface area contributed by atoms with E-state index in [1.807, 2.05) is 20.8 Å². The highest BCUT2D eigenvalue weighted by Crippen LogP contribution is 2.17. The Labute approximate surface area is 128 Å². The summed E-state index contributed by atoms with van der Waals surface area (Å²) in [6.07, 6.45) is 1.48. The number of amides is 1. The van der Waals surface area contributed by atoms with Crippen LogP contribution >= 0.6 is 11.6 Å². The fourth-order valence-electron chi connectivity index (χ4n) is 2.04. The fourth-order valence-corrected chi connectivity index (χ4v) is 2.12. The van der Waals surface area contributed by atoms with Gasteiger partial charge in [-0.15, -0.1) is 20.4 Å². The van der Waals surface area contributed by atoms with E-state index in [0.29, 0.717) is 19.0 Å². The Hall–Kier alpha value is -1.70. The van der Waals surface area contributed by atoms with Gasteiger partial charge in [-0.25, -0.2) is 4.79 Å². The maximum absolute atomic E-state index is 12.1. The van der Waals surface area contributed by atoms with Gasteiger partial charge in [-0.1, -0.05) is 0 Å². The second kappa shape index (κ2) is 6.38. The number of carbonyl (C=O) groups is 1. The van der Waals surface area contributed by atoms with Crippen LogP contribution in [0.25, 0.3) is 0 Å². The molecule has 1 saturated heterocycles. The zero-order chi connectivity index (χ0) is 15.5. The molecule has 0 spiro atoms. The van der Waals surface area contributed by atoms with Crippen LogP contribution in [-0.4, -0.2) is 56.1 Å². The molecule has 2 rings (SSSR count). The van der Waals surface area contributed by atoms with Crippen LogP contribution in [0.3, 0.4) is 0 Å². The summed E-state index contributed by atoms with van der Waals surface area (Å²) in [6.45, 7) is 6.77. The summed E-state index contributed by atoms with van der Waals surface area (Å²) >= 11 is 5.54. The number of nitrogens with zero attached hydrogens (tertiary/aromatic N) is 5. The van der Waals surface area contributed by atoms with Gasteiger partial charge in [0.15, 0.2) is 0 Å². The molecule has 1 aromatic heterocycles. The Kier molecular flexibility index (Phi) is 4.76. The number of piperidine rings is 1. The van der Waals surface area contributed by atoms with Gasteiger partial charge in [-0.05, 0) is 45.2 Å². The summed E-state index contributed by atoms with van der Waals surface area (Å²) < 4.78 is 5.38. The van der Waals surface area contributed by atoms with Crippen LogP contribution in [0.2, 0.25) is 5.28 Å². The Balaban J connectivity index is 1.91. The van der Waals surface area contributed by atoms with Gasteiger partial charge < -0.3 is 15.0 Å². The van der Waals surface area contributed by atoms with Crippen LogP contribution in [-0.2, 0) is 4.74 Å². The molecule has 116 valence electrons. The summed E-state index contributed by atoms with van der Waals surface area (Å²) in [5, 5.41) is 17.9. The molecule has 2 heterocycles. The van der Waals surface area contributed by atoms with Crippen molar-refractivity contribution in [2.75, 3.05) is 18.4 Å². The van der Waals surface area contributed by atoms with Crippen LogP contribution in [0.4, 0.5) is 10.7 Å². The summed E-state index contributed by atoms with van der Waals surface area (Å²) in [6, 6.07) is 0.0380. The topological polar surface area (TPSA) is 93.1 Å². The van der Waals surface area contributed by atoms with E-state index in [9.17, 15) is 4.79 Å². The van der Waals surface area contributed by atoms with E-state index in [4.69, 9.17) is 16.3 Å². The largest absolute Gasteiger partial charge is 0.444 e. The minimum Gasteiger partial charge on any atom is -0.444 e. The lowest BCUT2D eigenvalue weighted by molar-refractivity contribution is 0.0206. The number of likely N-dealkylation sites (tertiary alicyclic amines) is 1. The zero-order valence-corrected chi connectivity index (χ0v) is 13.1. The van der Waals surface area contributed by atoms with Gasteiger partial charge in [0.05, 0.1) is 0 Å². The molecule has 1 aliphatic heterocycles. The molecule has 1 amide bonds. The van der Waals surface area contributed by atoms with Crippen molar-refractivity contribution in [3.8, 4) is 0 Å². The molecule has 8 nitrogen and oxygen atoms in total. The van der Waals surface area contributed by atoms with Gasteiger partial charge in [0.1, 0.15) is 5.60 Å². The zero-order valence-electron chi connectivity index (χ0n) is 12.3. The summed E-state index contributed by atoms with van der Waals surface area (Å²) in [5.74, 6) is 0.301. The lowest BCUT2D eigenvalue weighted by Crippen LogP contribution is -2.47. The van der Waals surface area contributed by atoms with Crippen LogP contribution in [0.1, 0.15) is 33.6 Å². The molecule has 0 unspecified atom stereocenters. The predicted octanol–water partition coefficient (Wildman–Crippen LogP) is 1.73. The van der Waals surface area contributed by atoms with Crippen molar-refractivity contribution in [1.29, 1.82) is 0 Å². The standard InChI is InChI=1S/C12H19ClN6O2/c1-12(2,3)21-11(20)19-6-4-5-8(7-19)14-10-17-15-9(13)16-18-10/h8H,4-7H2,1-3H3,(H,14,17,18)/t8-/m1/s1. The Morgan fingerprint density at radius 2 is 2.00 bits per heavy atom. The molecule has 0 aromatic carbocycles. The van der Waals surface area contributed by atoms with Crippen LogP contribution in [0, 0.1) is 0 Å². The third-order valence-corrected chi connectivity index (χ3v) is 3.01. The van der Waals surface area contributed by atoms with Gasteiger partial charge in [0.25, 0.3) is 11.2 Å². The van der Waals surface area contributed by atoms with Gasteiger partial charge in [0.2, 0.25) is 0 Å². The summed E-state index contributed by atoms with van der Waals surface area (Å²) in [5.41, 5.74) is -0.495. The number of nitrogens with one attached hydrogen (secondary N) is 1. The molecule has 21 heavy (non-hydrogen) atoms. The second-order valence-corrected chi connectivity index (χ2v) is 6.24. The van der Waals surface area contributed by atoms with Gasteiger partial charge in [0, 0.05) is 19.1 Å². The van der Waals surface area contributed by atoms with Crippen molar-refractivity contribution in [2.45, 2.75) is 45.3 Å². The average molecular weight is 315 g/mol. The predicted molar refractivity (Wildman–Crippen MR) is 77.1 cm³/mol. The molecule has 0 saturated carbocycles. The molecule has 0 radical (unpaired) electrons. The number of rotatable bonds is 2. The third kappa shape index (κ3) is 4.96. The van der Waals surface area contributed by atoms with E-state index >= 15 is 0 Å². The van der Waals surface area contributed by atoms with E-state index in [2.05, 4.69) is 25.7 Å². The minimum absolute atomic E-state index is 0.000393. The minimum atomic E-state index is -0.495. The van der Waals surface area contributed by atoms with Gasteiger partial charge in [-0.3, -0.25) is 0 Å². The number of aromatic nitrogens is 4. The summed E-state index contributed by atoms with van der Waals surface area (Å²) in [7, 11) is 0. The van der Waals surface area contributed by atoms with Gasteiger partial charge in [-0.2, -0.15) is 0 Å². The van der Waals surface area contributed by atoms with Gasteiger partial charge >= 0.3 is 6.09 Å². The Morgan fingerprint density at radius 3 is 2.62 bits per heavy atom. The molecule has 0 aliphatic carbocycles. The molecular formula is C12H19ClN6O2. The maximum Gasteiger partial charge on any atom is 0.410 e. The first kappa shape index (κ1) is 15.7. The molecule has 9 heteroatoms. The number of carbonyl (C=O) groups excluding carboxylic acids is 1. The molecule has 0 bridgehead atoms. The van der Waals surface area contributed by atoms with E-state index in [1.54, 1.807) is 4.90 Å². The SMILES string of the molecule is CC(C)(C)OC(=O)N1CCC[C@@H](Nc2nnc(Cl)nn2)C1. The van der Waals surface area contributed by atoms with Crippen molar-refractivity contribution in [1.82, 2.24) is 25.3 Å². The number of ether oxygens (including phenoxy) is 1. The van der Waals surface area contributed by atoms with Crippen LogP contribution in [0.5, 0.6) is 0 Å². The number of anilines is 1. The van der Waals surface area contributed by atoms with E-state index in [-0.39, 0.29) is 17.4 Å². The van der Waals surface area contributed by atoms with E-state index in [0.717, 1.165) is 12.8 Å². The number of hydrogen-bond donors (Lipinski definition) is 1. The second-order valence-electron chi connectivity index (χ2n) is 5.90. The van der Waals surface area contributed by atoms with Crippen molar-refractivity contribution < 1.29 is 9.53 Å². The highest BCUT2D eigenvalue weighted by Gasteiger charge is 2.27. The van der Waals surface area contributed by atoms with Crippen LogP contribution < -0.4 is 5.32 Å². The van der Waals surface area contributed by atoms with Crippen LogP contribution in [0.15, 0.2) is 0 Å². The third-order valence-electron chi connectivity index (χ3n) is 2.86. The summed E-state index contributed by atoms with van der Waals surface area (Å²) in [4.78, 5) is 13.7. The lowest BCUT2D eigenvalue weighted by atomic mass is 10.1. The lowest BCUT2D eigenvalue weighted by Gasteiger charge is -2.34. The smallest absolute Gasteiger partial charge is 0.410 e. The first-order chi connectivity index (χ1) is 9.83. The number of hydrogen-bond acceptors (Lipinski definition) is 7. The van der Waals surface area contributed by atoms with Crippen molar-refractivity contribution >= 4 is 23.6 Å². The fraction of sp³-hybridized carbons (Fsp3) is 0.750. The Morgan fingerprint density at radius 1 is 1.33 bits per heavy atom. The highest BCUT2D eigenvalue weighted by atomic mass is 35.5. The number of halogens is 1. The molecule has 1 N–H and O–H groups in total. The van der Waals surface area contributed by atoms with Crippen molar-refractivity contribution in [3.63, 3.8) is 0 Å². The van der Waals surface area contributed by atoms with E-state index in [1.165, 1.54) is 0 Å². The Bertz CT molecular complexity index is 490. The molecule has 1 aromatic rings. The monoisotopic (exact) mass is 314 g/mol. The first-order valence-electron chi connectivity index (χ1n) is 6.81. The maximum atomic E-state index is 12.1. The average Bonchev–Trinajstić information content (AvgIpc) is 2.40. The molecular weight excluding hydrogens is 296 g/mol. The molecule has 1 fully saturated rings. The molecule has 1 aliphatic rings. The van der Waals surface area contributed by atoms with Crippen molar-refractivity contribution in [3.05, 3.63) is 5.28 Å². The van der Waals surface area contributed by atoms with E-state index < -0.39 is 5.60 Å². The highest BCUT2D eigenvalue weighted by molar-refractivity contribution is 6.28. The van der Waals surface area contributed by atoms with Crippen molar-refractivity contribution in [2.24, 2.45) is 0 Å².